The summed E-state index contributed by atoms with van der Waals surface area (Å²) in [4.78, 5) is 11.9. The van der Waals surface area contributed by atoms with E-state index in [9.17, 15) is 9.90 Å². The Morgan fingerprint density at radius 2 is 1.79 bits per heavy atom. The molecular formula is C18H21ClN2O3. The smallest absolute Gasteiger partial charge is 0.315 e. The molecule has 0 bridgehead atoms. The molecule has 24 heavy (non-hydrogen) atoms. The third-order valence-electron chi connectivity index (χ3n) is 3.43. The number of carbonyl (C=O) groups is 1. The topological polar surface area (TPSA) is 70.6 Å². The summed E-state index contributed by atoms with van der Waals surface area (Å²) in [6.07, 6.45) is -0.179. The fraction of sp³-hybridized carbons (Fsp3) is 0.278. The zero-order valence-electron chi connectivity index (χ0n) is 13.5. The largest absolute Gasteiger partial charge is 0.489 e. The lowest BCUT2D eigenvalue weighted by atomic mass is 10.1. The SMILES string of the molecule is CC(CNC(=O)NCc1ccccc1CO)Oc1ccc(Cl)cc1. The molecule has 1 unspecified atom stereocenters. The van der Waals surface area contributed by atoms with Gasteiger partial charge in [0.15, 0.2) is 0 Å². The highest BCUT2D eigenvalue weighted by Crippen LogP contribution is 2.16. The van der Waals surface area contributed by atoms with Gasteiger partial charge >= 0.3 is 6.03 Å². The number of aliphatic hydroxyl groups is 1. The Morgan fingerprint density at radius 1 is 1.12 bits per heavy atom. The minimum Gasteiger partial charge on any atom is -0.489 e. The molecule has 0 heterocycles. The average molecular weight is 349 g/mol. The number of hydrogen-bond acceptors (Lipinski definition) is 3. The van der Waals surface area contributed by atoms with Gasteiger partial charge in [-0.15, -0.1) is 0 Å². The molecule has 2 amide bonds. The third kappa shape index (κ3) is 5.76. The highest BCUT2D eigenvalue weighted by atomic mass is 35.5. The van der Waals surface area contributed by atoms with Crippen LogP contribution in [0.25, 0.3) is 0 Å². The number of amides is 2. The Hall–Kier alpha value is -2.24. The van der Waals surface area contributed by atoms with E-state index in [1.54, 1.807) is 24.3 Å². The molecule has 3 N–H and O–H groups in total. The molecule has 6 heteroatoms. The molecule has 2 aromatic carbocycles. The number of urea groups is 1. The molecule has 2 rings (SSSR count). The maximum absolute atomic E-state index is 11.9. The van der Waals surface area contributed by atoms with Crippen molar-refractivity contribution in [3.8, 4) is 5.75 Å². The van der Waals surface area contributed by atoms with Crippen LogP contribution in [0.2, 0.25) is 5.02 Å². The van der Waals surface area contributed by atoms with Crippen LogP contribution in [0.4, 0.5) is 4.79 Å². The van der Waals surface area contributed by atoms with Gasteiger partial charge in [-0.05, 0) is 42.3 Å². The van der Waals surface area contributed by atoms with Crippen LogP contribution in [0.3, 0.4) is 0 Å². The Balaban J connectivity index is 1.73. The standard InChI is InChI=1S/C18H21ClN2O3/c1-13(24-17-8-6-16(19)7-9-17)10-20-18(23)21-11-14-4-2-3-5-15(14)12-22/h2-9,13,22H,10-12H2,1H3,(H2,20,21,23). The van der Waals surface area contributed by atoms with Gasteiger partial charge < -0.3 is 20.5 Å². The van der Waals surface area contributed by atoms with Crippen LogP contribution in [0, 0.1) is 0 Å². The van der Waals surface area contributed by atoms with Gasteiger partial charge in [0.05, 0.1) is 13.2 Å². The van der Waals surface area contributed by atoms with E-state index in [-0.39, 0.29) is 18.7 Å². The minimum atomic E-state index is -0.283. The minimum absolute atomic E-state index is 0.0502. The Bertz CT molecular complexity index is 662. The van der Waals surface area contributed by atoms with Crippen molar-refractivity contribution in [3.05, 3.63) is 64.7 Å². The number of hydrogen-bond donors (Lipinski definition) is 3. The van der Waals surface area contributed by atoms with E-state index in [0.717, 1.165) is 11.1 Å². The second kappa shape index (κ2) is 9.15. The summed E-state index contributed by atoms with van der Waals surface area (Å²) in [5, 5.41) is 15.4. The quantitative estimate of drug-likeness (QED) is 0.720. The van der Waals surface area contributed by atoms with Gasteiger partial charge in [0, 0.05) is 11.6 Å². The number of nitrogens with one attached hydrogen (secondary N) is 2. The third-order valence-corrected chi connectivity index (χ3v) is 3.68. The van der Waals surface area contributed by atoms with Crippen LogP contribution in [-0.4, -0.2) is 23.8 Å². The fourth-order valence-electron chi connectivity index (χ4n) is 2.15. The van der Waals surface area contributed by atoms with Crippen molar-refractivity contribution < 1.29 is 14.6 Å². The first kappa shape index (κ1) is 18.1. The van der Waals surface area contributed by atoms with Crippen LogP contribution in [0.15, 0.2) is 48.5 Å². The van der Waals surface area contributed by atoms with Crippen molar-refractivity contribution in [2.75, 3.05) is 6.54 Å². The van der Waals surface area contributed by atoms with Gasteiger partial charge in [0.1, 0.15) is 11.9 Å². The van der Waals surface area contributed by atoms with E-state index in [1.807, 2.05) is 31.2 Å². The number of aliphatic hydroxyl groups excluding tert-OH is 1. The molecule has 128 valence electrons. The lowest BCUT2D eigenvalue weighted by molar-refractivity contribution is 0.207. The van der Waals surface area contributed by atoms with Gasteiger partial charge in [-0.1, -0.05) is 35.9 Å². The van der Waals surface area contributed by atoms with Crippen molar-refractivity contribution in [1.82, 2.24) is 10.6 Å². The molecule has 0 aliphatic rings. The first-order valence-electron chi connectivity index (χ1n) is 7.70. The van der Waals surface area contributed by atoms with Gasteiger partial charge in [-0.3, -0.25) is 0 Å². The summed E-state index contributed by atoms with van der Waals surface area (Å²) >= 11 is 5.82. The molecule has 5 nitrogen and oxygen atoms in total. The Labute approximate surface area is 146 Å². The van der Waals surface area contributed by atoms with Crippen LogP contribution >= 0.6 is 11.6 Å². The molecule has 0 saturated carbocycles. The number of rotatable bonds is 7. The van der Waals surface area contributed by atoms with Gasteiger partial charge in [0.25, 0.3) is 0 Å². The summed E-state index contributed by atoms with van der Waals surface area (Å²) in [5.41, 5.74) is 1.69. The van der Waals surface area contributed by atoms with E-state index in [0.29, 0.717) is 23.9 Å². The summed E-state index contributed by atoms with van der Waals surface area (Å²) in [5.74, 6) is 0.700. The second-order valence-electron chi connectivity index (χ2n) is 5.37. The first-order valence-corrected chi connectivity index (χ1v) is 8.08. The lowest BCUT2D eigenvalue weighted by Crippen LogP contribution is -2.40. The molecule has 0 aliphatic carbocycles. The average Bonchev–Trinajstić information content (AvgIpc) is 2.60. The molecule has 0 spiro atoms. The maximum Gasteiger partial charge on any atom is 0.315 e. The molecule has 0 saturated heterocycles. The first-order chi connectivity index (χ1) is 11.6. The Morgan fingerprint density at radius 3 is 2.46 bits per heavy atom. The second-order valence-corrected chi connectivity index (χ2v) is 5.81. The van der Waals surface area contributed by atoms with Crippen molar-refractivity contribution in [2.24, 2.45) is 0 Å². The van der Waals surface area contributed by atoms with E-state index in [1.165, 1.54) is 0 Å². The molecule has 0 fully saturated rings. The predicted octanol–water partition coefficient (Wildman–Crippen LogP) is 3.10. The maximum atomic E-state index is 11.9. The monoisotopic (exact) mass is 348 g/mol. The molecular weight excluding hydrogens is 328 g/mol. The predicted molar refractivity (Wildman–Crippen MR) is 94.1 cm³/mol. The highest BCUT2D eigenvalue weighted by Gasteiger charge is 2.08. The Kier molecular flexibility index (Phi) is 6.90. The van der Waals surface area contributed by atoms with E-state index < -0.39 is 0 Å². The normalized spacial score (nSPS) is 11.6. The van der Waals surface area contributed by atoms with Crippen LogP contribution < -0.4 is 15.4 Å². The van der Waals surface area contributed by atoms with Crippen molar-refractivity contribution >= 4 is 17.6 Å². The number of benzene rings is 2. The lowest BCUT2D eigenvalue weighted by Gasteiger charge is -2.16. The van der Waals surface area contributed by atoms with Crippen molar-refractivity contribution in [1.29, 1.82) is 0 Å². The van der Waals surface area contributed by atoms with E-state index >= 15 is 0 Å². The molecule has 0 radical (unpaired) electrons. The molecule has 1 atom stereocenters. The van der Waals surface area contributed by atoms with Gasteiger partial charge in [-0.2, -0.15) is 0 Å². The van der Waals surface area contributed by atoms with Crippen molar-refractivity contribution in [3.63, 3.8) is 0 Å². The zero-order valence-corrected chi connectivity index (χ0v) is 14.2. The number of ether oxygens (including phenoxy) is 1. The molecule has 2 aromatic rings. The van der Waals surface area contributed by atoms with Crippen LogP contribution in [0.5, 0.6) is 5.75 Å². The van der Waals surface area contributed by atoms with Crippen LogP contribution in [-0.2, 0) is 13.2 Å². The van der Waals surface area contributed by atoms with Crippen LogP contribution in [0.1, 0.15) is 18.1 Å². The fourth-order valence-corrected chi connectivity index (χ4v) is 2.27. The van der Waals surface area contributed by atoms with Gasteiger partial charge in [0.2, 0.25) is 0 Å². The summed E-state index contributed by atoms with van der Waals surface area (Å²) in [6, 6.07) is 14.2. The number of carbonyl (C=O) groups excluding carboxylic acids is 1. The highest BCUT2D eigenvalue weighted by molar-refractivity contribution is 6.30. The summed E-state index contributed by atoms with van der Waals surface area (Å²) in [7, 11) is 0. The molecule has 0 aromatic heterocycles. The van der Waals surface area contributed by atoms with E-state index in [2.05, 4.69) is 10.6 Å². The zero-order chi connectivity index (χ0) is 17.4. The van der Waals surface area contributed by atoms with Crippen molar-refractivity contribution in [2.45, 2.75) is 26.2 Å². The molecule has 0 aliphatic heterocycles. The summed E-state index contributed by atoms with van der Waals surface area (Å²) < 4.78 is 5.68. The van der Waals surface area contributed by atoms with Gasteiger partial charge in [-0.25, -0.2) is 4.79 Å². The van der Waals surface area contributed by atoms with E-state index in [4.69, 9.17) is 16.3 Å². The number of halogens is 1. The summed E-state index contributed by atoms with van der Waals surface area (Å²) in [6.45, 7) is 2.55.